The van der Waals surface area contributed by atoms with Gasteiger partial charge in [-0.1, -0.05) is 11.8 Å². The maximum Gasteiger partial charge on any atom is 0.227 e. The lowest BCUT2D eigenvalue weighted by molar-refractivity contribution is -0.140. The fourth-order valence-electron chi connectivity index (χ4n) is 4.92. The molecule has 3 aliphatic rings. The van der Waals surface area contributed by atoms with Gasteiger partial charge < -0.3 is 15.4 Å². The Bertz CT molecular complexity index is 609. The summed E-state index contributed by atoms with van der Waals surface area (Å²) < 4.78 is 5.51. The molecule has 4 rings (SSSR count). The predicted octanol–water partition coefficient (Wildman–Crippen LogP) is 0.494. The molecule has 3 atom stereocenters. The third kappa shape index (κ3) is 4.31. The van der Waals surface area contributed by atoms with E-state index in [1.807, 2.05) is 0 Å². The molecule has 3 N–H and O–H groups in total. The van der Waals surface area contributed by atoms with Gasteiger partial charge in [0, 0.05) is 38.0 Å². The van der Waals surface area contributed by atoms with Crippen LogP contribution < -0.4 is 10.6 Å². The van der Waals surface area contributed by atoms with Crippen LogP contribution in [0.4, 0.5) is 0 Å². The van der Waals surface area contributed by atoms with Gasteiger partial charge in [0.05, 0.1) is 18.6 Å². The Kier molecular flexibility index (Phi) is 6.31. The zero-order valence-corrected chi connectivity index (χ0v) is 16.6. The first-order valence-electron chi connectivity index (χ1n) is 10.1. The van der Waals surface area contributed by atoms with Gasteiger partial charge in [-0.15, -0.1) is 0 Å². The number of carbonyl (C=O) groups excluding carboxylic acids is 1. The second kappa shape index (κ2) is 8.89. The molecule has 3 fully saturated rings. The highest BCUT2D eigenvalue weighted by molar-refractivity contribution is 7.99. The van der Waals surface area contributed by atoms with Crippen molar-refractivity contribution < 1.29 is 9.53 Å². The number of ether oxygens (including phenoxy) is 1. The summed E-state index contributed by atoms with van der Waals surface area (Å²) in [6, 6.07) is 0.611. The number of H-pyrrole nitrogens is 1. The lowest BCUT2D eigenvalue weighted by atomic mass is 9.61. The summed E-state index contributed by atoms with van der Waals surface area (Å²) in [6.45, 7) is 6.26. The summed E-state index contributed by atoms with van der Waals surface area (Å²) in [4.78, 5) is 19.9. The number of fused-ring (bicyclic) bond motifs is 1. The first kappa shape index (κ1) is 19.2. The first-order chi connectivity index (χ1) is 13.3. The van der Waals surface area contributed by atoms with Gasteiger partial charge in [-0.25, -0.2) is 4.98 Å². The molecule has 0 radical (unpaired) electrons. The van der Waals surface area contributed by atoms with E-state index in [2.05, 4.69) is 30.7 Å². The zero-order chi connectivity index (χ0) is 18.5. The highest BCUT2D eigenvalue weighted by atomic mass is 32.2. The number of hydrogen-bond donors (Lipinski definition) is 3. The van der Waals surface area contributed by atoms with Crippen LogP contribution in [-0.4, -0.2) is 83.7 Å². The number of carbonyl (C=O) groups is 1. The van der Waals surface area contributed by atoms with E-state index in [4.69, 9.17) is 4.74 Å². The third-order valence-electron chi connectivity index (χ3n) is 6.41. The van der Waals surface area contributed by atoms with Gasteiger partial charge in [0.2, 0.25) is 5.91 Å². The second-order valence-electron chi connectivity index (χ2n) is 7.79. The number of thioether (sulfide) groups is 1. The summed E-state index contributed by atoms with van der Waals surface area (Å²) in [5.74, 6) is 1.51. The first-order valence-corrected chi connectivity index (χ1v) is 11.1. The molecule has 0 aromatic carbocycles. The molecule has 1 aromatic heterocycles. The SMILES string of the molecule is O=C(NCCSc1ncn[nH]1)[C@@]12CCC(N3CCOCC3)C[C@H]1CCNC2. The Morgan fingerprint density at radius 2 is 2.30 bits per heavy atom. The van der Waals surface area contributed by atoms with Crippen molar-refractivity contribution in [1.82, 2.24) is 30.7 Å². The smallest absolute Gasteiger partial charge is 0.227 e. The predicted molar refractivity (Wildman–Crippen MR) is 104 cm³/mol. The Labute approximate surface area is 164 Å². The molecule has 150 valence electrons. The van der Waals surface area contributed by atoms with Gasteiger partial charge in [0.15, 0.2) is 5.16 Å². The van der Waals surface area contributed by atoms with Crippen molar-refractivity contribution in [3.05, 3.63) is 6.33 Å². The van der Waals surface area contributed by atoms with E-state index in [-0.39, 0.29) is 11.3 Å². The normalized spacial score (nSPS) is 32.0. The Morgan fingerprint density at radius 3 is 3.11 bits per heavy atom. The van der Waals surface area contributed by atoms with E-state index in [0.717, 1.165) is 76.0 Å². The summed E-state index contributed by atoms with van der Waals surface area (Å²) in [7, 11) is 0. The van der Waals surface area contributed by atoms with Crippen molar-refractivity contribution in [3.8, 4) is 0 Å². The summed E-state index contributed by atoms with van der Waals surface area (Å²) in [6.07, 6.45) is 5.83. The van der Waals surface area contributed by atoms with E-state index >= 15 is 0 Å². The number of nitrogens with zero attached hydrogens (tertiary/aromatic N) is 3. The van der Waals surface area contributed by atoms with E-state index in [1.54, 1.807) is 11.8 Å². The third-order valence-corrected chi connectivity index (χ3v) is 7.28. The highest BCUT2D eigenvalue weighted by Crippen LogP contribution is 2.46. The molecule has 1 amide bonds. The van der Waals surface area contributed by atoms with Crippen molar-refractivity contribution in [3.63, 3.8) is 0 Å². The van der Waals surface area contributed by atoms with Gasteiger partial charge in [-0.3, -0.25) is 14.8 Å². The maximum atomic E-state index is 13.2. The Morgan fingerprint density at radius 1 is 1.41 bits per heavy atom. The average Bonchev–Trinajstić information content (AvgIpc) is 3.25. The van der Waals surface area contributed by atoms with E-state index < -0.39 is 0 Å². The topological polar surface area (TPSA) is 95.2 Å². The number of hydrogen-bond acceptors (Lipinski definition) is 7. The quantitative estimate of drug-likeness (QED) is 0.477. The number of nitrogens with one attached hydrogen (secondary N) is 3. The van der Waals surface area contributed by atoms with Crippen LogP contribution >= 0.6 is 11.8 Å². The maximum absolute atomic E-state index is 13.2. The van der Waals surface area contributed by atoms with E-state index in [9.17, 15) is 4.79 Å². The molecule has 1 saturated carbocycles. The molecule has 0 bridgehead atoms. The average molecular weight is 395 g/mol. The number of rotatable bonds is 6. The molecule has 2 aliphatic heterocycles. The number of aromatic nitrogens is 3. The minimum atomic E-state index is -0.238. The highest BCUT2D eigenvalue weighted by Gasteiger charge is 2.50. The molecule has 0 spiro atoms. The monoisotopic (exact) mass is 394 g/mol. The molecule has 1 aliphatic carbocycles. The van der Waals surface area contributed by atoms with Gasteiger partial charge in [0.1, 0.15) is 6.33 Å². The lowest BCUT2D eigenvalue weighted by Crippen LogP contribution is -2.60. The van der Waals surface area contributed by atoms with Crippen molar-refractivity contribution in [2.45, 2.75) is 36.9 Å². The summed E-state index contributed by atoms with van der Waals surface area (Å²) in [5, 5.41) is 14.2. The molecule has 1 aromatic rings. The lowest BCUT2D eigenvalue weighted by Gasteiger charge is -2.50. The molecule has 2 saturated heterocycles. The van der Waals surface area contributed by atoms with Crippen LogP contribution in [-0.2, 0) is 9.53 Å². The van der Waals surface area contributed by atoms with Crippen LogP contribution in [0.15, 0.2) is 11.5 Å². The fourth-order valence-corrected chi connectivity index (χ4v) is 5.56. The minimum Gasteiger partial charge on any atom is -0.379 e. The molecule has 9 heteroatoms. The van der Waals surface area contributed by atoms with E-state index in [1.165, 1.54) is 6.33 Å². The van der Waals surface area contributed by atoms with Crippen molar-refractivity contribution in [1.29, 1.82) is 0 Å². The van der Waals surface area contributed by atoms with Gasteiger partial charge in [-0.2, -0.15) is 5.10 Å². The number of piperidine rings is 1. The molecule has 1 unspecified atom stereocenters. The van der Waals surface area contributed by atoms with Crippen LogP contribution in [0.3, 0.4) is 0 Å². The number of morpholine rings is 1. The van der Waals surface area contributed by atoms with Crippen LogP contribution in [0.1, 0.15) is 25.7 Å². The van der Waals surface area contributed by atoms with E-state index in [0.29, 0.717) is 18.5 Å². The van der Waals surface area contributed by atoms with Crippen LogP contribution in [0.2, 0.25) is 0 Å². The van der Waals surface area contributed by atoms with Crippen LogP contribution in [0.25, 0.3) is 0 Å². The molecule has 27 heavy (non-hydrogen) atoms. The van der Waals surface area contributed by atoms with Crippen molar-refractivity contribution in [2.75, 3.05) is 51.7 Å². The Balaban J connectivity index is 1.32. The van der Waals surface area contributed by atoms with Crippen molar-refractivity contribution >= 4 is 17.7 Å². The summed E-state index contributed by atoms with van der Waals surface area (Å²) in [5.41, 5.74) is -0.238. The molecule has 3 heterocycles. The van der Waals surface area contributed by atoms with Crippen molar-refractivity contribution in [2.24, 2.45) is 11.3 Å². The molecular formula is C18H30N6O2S. The standard InChI is InChI=1S/C18H30N6O2S/c25-16(20-5-10-27-17-21-13-22-23-17)18-3-1-15(24-6-8-26-9-7-24)11-14(18)2-4-19-12-18/h13-15,19H,1-12H2,(H,20,25)(H,21,22,23)/t14-,15?,18-/m1/s1. The van der Waals surface area contributed by atoms with Gasteiger partial charge in [0.25, 0.3) is 0 Å². The Hall–Kier alpha value is -1.16. The largest absolute Gasteiger partial charge is 0.379 e. The zero-order valence-electron chi connectivity index (χ0n) is 15.8. The van der Waals surface area contributed by atoms with Gasteiger partial charge >= 0.3 is 0 Å². The van der Waals surface area contributed by atoms with Crippen LogP contribution in [0.5, 0.6) is 0 Å². The van der Waals surface area contributed by atoms with Crippen LogP contribution in [0, 0.1) is 11.3 Å². The number of amides is 1. The minimum absolute atomic E-state index is 0.235. The summed E-state index contributed by atoms with van der Waals surface area (Å²) >= 11 is 1.58. The van der Waals surface area contributed by atoms with Gasteiger partial charge in [-0.05, 0) is 38.1 Å². The number of aromatic amines is 1. The second-order valence-corrected chi connectivity index (χ2v) is 8.87. The molecule has 8 nitrogen and oxygen atoms in total. The fraction of sp³-hybridized carbons (Fsp3) is 0.833. The molecular weight excluding hydrogens is 364 g/mol.